The summed E-state index contributed by atoms with van der Waals surface area (Å²) in [5.41, 5.74) is 6.80. The van der Waals surface area contributed by atoms with E-state index in [1.807, 2.05) is 30.3 Å². The number of nitrogens with one attached hydrogen (secondary N) is 2. The predicted octanol–water partition coefficient (Wildman–Crippen LogP) is 1.91. The van der Waals surface area contributed by atoms with Crippen LogP contribution in [0.3, 0.4) is 0 Å². The van der Waals surface area contributed by atoms with Crippen LogP contribution < -0.4 is 21.1 Å². The molecule has 0 radical (unpaired) electrons. The second-order valence-corrected chi connectivity index (χ2v) is 4.94. The number of benzene rings is 2. The molecule has 0 aromatic heterocycles. The molecule has 2 aromatic carbocycles. The van der Waals surface area contributed by atoms with Crippen LogP contribution in [0.2, 0.25) is 0 Å². The maximum Gasteiger partial charge on any atom is 0.320 e. The quantitative estimate of drug-likeness (QED) is 0.760. The summed E-state index contributed by atoms with van der Waals surface area (Å²) >= 11 is 0. The number of anilines is 1. The zero-order chi connectivity index (χ0) is 16.7. The van der Waals surface area contributed by atoms with Crippen LogP contribution in [0.1, 0.15) is 5.56 Å². The molecule has 0 saturated heterocycles. The van der Waals surface area contributed by atoms with E-state index in [-0.39, 0.29) is 0 Å². The second kappa shape index (κ2) is 7.84. The number of ether oxygens (including phenoxy) is 1. The van der Waals surface area contributed by atoms with Crippen molar-refractivity contribution in [3.63, 3.8) is 0 Å². The summed E-state index contributed by atoms with van der Waals surface area (Å²) in [6.45, 7) is 0. The molecular formula is C17H19N3O3. The lowest BCUT2D eigenvalue weighted by atomic mass is 10.1. The fourth-order valence-electron chi connectivity index (χ4n) is 2.14. The molecule has 3 amide bonds. The summed E-state index contributed by atoms with van der Waals surface area (Å²) in [7, 11) is 1.51. The number of nitrogens with two attached hydrogens (primary N) is 1. The lowest BCUT2D eigenvalue weighted by Gasteiger charge is -2.17. The largest absolute Gasteiger partial charge is 0.495 e. The third kappa shape index (κ3) is 4.74. The Kier molecular flexibility index (Phi) is 5.57. The van der Waals surface area contributed by atoms with E-state index < -0.39 is 18.0 Å². The van der Waals surface area contributed by atoms with Gasteiger partial charge in [0.1, 0.15) is 11.8 Å². The van der Waals surface area contributed by atoms with Crippen LogP contribution in [0.4, 0.5) is 10.5 Å². The minimum Gasteiger partial charge on any atom is -0.495 e. The zero-order valence-corrected chi connectivity index (χ0v) is 12.8. The Morgan fingerprint density at radius 1 is 1.09 bits per heavy atom. The number of primary amides is 1. The third-order valence-corrected chi connectivity index (χ3v) is 3.29. The molecule has 6 nitrogen and oxygen atoms in total. The van der Waals surface area contributed by atoms with Crippen molar-refractivity contribution in [2.45, 2.75) is 12.5 Å². The first-order valence-electron chi connectivity index (χ1n) is 7.14. The molecule has 0 aliphatic rings. The average molecular weight is 313 g/mol. The highest BCUT2D eigenvalue weighted by Crippen LogP contribution is 2.22. The summed E-state index contributed by atoms with van der Waals surface area (Å²) in [4.78, 5) is 23.7. The van der Waals surface area contributed by atoms with Gasteiger partial charge in [0.15, 0.2) is 0 Å². The smallest absolute Gasteiger partial charge is 0.320 e. The highest BCUT2D eigenvalue weighted by Gasteiger charge is 2.19. The number of amides is 3. The maximum atomic E-state index is 12.1. The van der Waals surface area contributed by atoms with E-state index in [9.17, 15) is 9.59 Å². The number of carbonyl (C=O) groups excluding carboxylic acids is 2. The van der Waals surface area contributed by atoms with E-state index in [2.05, 4.69) is 10.6 Å². The molecule has 0 heterocycles. The summed E-state index contributed by atoms with van der Waals surface area (Å²) < 4.78 is 5.16. The van der Waals surface area contributed by atoms with Gasteiger partial charge in [-0.15, -0.1) is 0 Å². The standard InChI is InChI=1S/C17H19N3O3/c1-23-15-10-6-5-9-13(15)19-17(22)20-14(16(18)21)11-12-7-3-2-4-8-12/h2-10,14H,11H2,1H3,(H2,18,21)(H2,19,20,22)/t14-/m1/s1. The molecule has 0 saturated carbocycles. The SMILES string of the molecule is COc1ccccc1NC(=O)N[C@H](Cc1ccccc1)C(N)=O. The van der Waals surface area contributed by atoms with Crippen LogP contribution in [-0.4, -0.2) is 25.1 Å². The van der Waals surface area contributed by atoms with Crippen molar-refractivity contribution in [3.05, 3.63) is 60.2 Å². The molecule has 0 aliphatic heterocycles. The Morgan fingerprint density at radius 2 is 1.74 bits per heavy atom. The average Bonchev–Trinajstić information content (AvgIpc) is 2.55. The van der Waals surface area contributed by atoms with Gasteiger partial charge >= 0.3 is 6.03 Å². The van der Waals surface area contributed by atoms with Crippen molar-refractivity contribution in [3.8, 4) is 5.75 Å². The van der Waals surface area contributed by atoms with Crippen molar-refractivity contribution in [1.82, 2.24) is 5.32 Å². The second-order valence-electron chi connectivity index (χ2n) is 4.94. The van der Waals surface area contributed by atoms with Crippen LogP contribution in [0.15, 0.2) is 54.6 Å². The van der Waals surface area contributed by atoms with Gasteiger partial charge in [0.2, 0.25) is 5.91 Å². The van der Waals surface area contributed by atoms with Gasteiger partial charge < -0.3 is 21.1 Å². The molecule has 0 unspecified atom stereocenters. The van der Waals surface area contributed by atoms with E-state index >= 15 is 0 Å². The number of rotatable bonds is 6. The van der Waals surface area contributed by atoms with E-state index in [0.29, 0.717) is 17.9 Å². The minimum absolute atomic E-state index is 0.329. The summed E-state index contributed by atoms with van der Waals surface area (Å²) in [5.74, 6) is -0.0645. The number of hydrogen-bond donors (Lipinski definition) is 3. The minimum atomic E-state index is -0.799. The predicted molar refractivity (Wildman–Crippen MR) is 88.3 cm³/mol. The molecule has 120 valence electrons. The monoisotopic (exact) mass is 313 g/mol. The molecule has 2 aromatic rings. The number of urea groups is 1. The first-order valence-corrected chi connectivity index (χ1v) is 7.14. The Morgan fingerprint density at radius 3 is 2.39 bits per heavy atom. The van der Waals surface area contributed by atoms with E-state index in [0.717, 1.165) is 5.56 Å². The van der Waals surface area contributed by atoms with Crippen molar-refractivity contribution < 1.29 is 14.3 Å². The lowest BCUT2D eigenvalue weighted by molar-refractivity contribution is -0.119. The fourth-order valence-corrected chi connectivity index (χ4v) is 2.14. The zero-order valence-electron chi connectivity index (χ0n) is 12.8. The van der Waals surface area contributed by atoms with Gasteiger partial charge in [-0.1, -0.05) is 42.5 Å². The Balaban J connectivity index is 2.02. The first-order chi connectivity index (χ1) is 11.1. The Hall–Kier alpha value is -3.02. The number of hydrogen-bond acceptors (Lipinski definition) is 3. The van der Waals surface area contributed by atoms with Crippen LogP contribution >= 0.6 is 0 Å². The van der Waals surface area contributed by atoms with E-state index in [1.165, 1.54) is 7.11 Å². The van der Waals surface area contributed by atoms with Gasteiger partial charge in [0.05, 0.1) is 12.8 Å². The van der Waals surface area contributed by atoms with Gasteiger partial charge in [-0.2, -0.15) is 0 Å². The fraction of sp³-hybridized carbons (Fsp3) is 0.176. The Labute approximate surface area is 134 Å². The number of carbonyl (C=O) groups is 2. The van der Waals surface area contributed by atoms with Gasteiger partial charge in [-0.3, -0.25) is 4.79 Å². The lowest BCUT2D eigenvalue weighted by Crippen LogP contribution is -2.47. The van der Waals surface area contributed by atoms with Crippen molar-refractivity contribution in [2.75, 3.05) is 12.4 Å². The van der Waals surface area contributed by atoms with Crippen molar-refractivity contribution in [1.29, 1.82) is 0 Å². The van der Waals surface area contributed by atoms with Gasteiger partial charge in [-0.05, 0) is 17.7 Å². The highest BCUT2D eigenvalue weighted by atomic mass is 16.5. The van der Waals surface area contributed by atoms with Crippen molar-refractivity contribution >= 4 is 17.6 Å². The van der Waals surface area contributed by atoms with Crippen LogP contribution in [0.5, 0.6) is 5.75 Å². The molecule has 23 heavy (non-hydrogen) atoms. The topological polar surface area (TPSA) is 93.4 Å². The molecule has 0 fully saturated rings. The third-order valence-electron chi connectivity index (χ3n) is 3.29. The molecule has 1 atom stereocenters. The maximum absolute atomic E-state index is 12.1. The van der Waals surface area contributed by atoms with Crippen molar-refractivity contribution in [2.24, 2.45) is 5.73 Å². The first kappa shape index (κ1) is 16.4. The highest BCUT2D eigenvalue weighted by molar-refractivity contribution is 5.94. The van der Waals surface area contributed by atoms with Gasteiger partial charge in [-0.25, -0.2) is 4.79 Å². The number of methoxy groups -OCH3 is 1. The van der Waals surface area contributed by atoms with E-state index in [1.54, 1.807) is 24.3 Å². The molecular weight excluding hydrogens is 294 g/mol. The van der Waals surface area contributed by atoms with Gasteiger partial charge in [0, 0.05) is 6.42 Å². The molecule has 6 heteroatoms. The Bertz CT molecular complexity index is 674. The van der Waals surface area contributed by atoms with Crippen LogP contribution in [-0.2, 0) is 11.2 Å². The molecule has 0 spiro atoms. The molecule has 0 aliphatic carbocycles. The summed E-state index contributed by atoms with van der Waals surface area (Å²) in [6.07, 6.45) is 0.329. The molecule has 0 bridgehead atoms. The normalized spacial score (nSPS) is 11.3. The summed E-state index contributed by atoms with van der Waals surface area (Å²) in [6, 6.07) is 15.0. The molecule has 4 N–H and O–H groups in total. The van der Waals surface area contributed by atoms with Gasteiger partial charge in [0.25, 0.3) is 0 Å². The summed E-state index contributed by atoms with van der Waals surface area (Å²) in [5, 5.41) is 5.23. The van der Waals surface area contributed by atoms with Crippen LogP contribution in [0, 0.1) is 0 Å². The van der Waals surface area contributed by atoms with E-state index in [4.69, 9.17) is 10.5 Å². The van der Waals surface area contributed by atoms with Crippen LogP contribution in [0.25, 0.3) is 0 Å². The number of para-hydroxylation sites is 2. The molecule has 2 rings (SSSR count).